The van der Waals surface area contributed by atoms with Gasteiger partial charge in [-0.05, 0) is 13.0 Å². The van der Waals surface area contributed by atoms with E-state index >= 15 is 0 Å². The lowest BCUT2D eigenvalue weighted by Gasteiger charge is -2.08. The summed E-state index contributed by atoms with van der Waals surface area (Å²) < 4.78 is 40.0. The molecule has 3 aromatic rings. The lowest BCUT2D eigenvalue weighted by molar-refractivity contribution is -0.141. The number of thiazole rings is 1. The van der Waals surface area contributed by atoms with Gasteiger partial charge in [0.15, 0.2) is 5.69 Å². The van der Waals surface area contributed by atoms with Gasteiger partial charge in [-0.3, -0.25) is 14.3 Å². The molecule has 5 nitrogen and oxygen atoms in total. The van der Waals surface area contributed by atoms with Crippen molar-refractivity contribution in [3.8, 4) is 0 Å². The van der Waals surface area contributed by atoms with E-state index < -0.39 is 17.4 Å². The van der Waals surface area contributed by atoms with Crippen LogP contribution in [0.4, 0.5) is 13.2 Å². The normalized spacial score (nSPS) is 12.0. The first-order chi connectivity index (χ1) is 10.4. The highest BCUT2D eigenvalue weighted by Gasteiger charge is 2.37. The number of nitrogens with zero attached hydrogens (tertiary/aromatic N) is 4. The van der Waals surface area contributed by atoms with E-state index in [9.17, 15) is 18.0 Å². The third-order valence-electron chi connectivity index (χ3n) is 3.01. The number of hydrogen-bond acceptors (Lipinski definition) is 5. The zero-order valence-electron chi connectivity index (χ0n) is 11.3. The Hall–Kier alpha value is -2.29. The third-order valence-corrected chi connectivity index (χ3v) is 3.97. The standard InChI is InChI=1S/C13H9F3N4OS/c1-7-19-11(13(14,15)16)10(22-7)5-20-6-18-9-4-17-3-2-8(9)12(20)21/h2-4,6H,5H2,1H3. The van der Waals surface area contributed by atoms with Crippen LogP contribution in [0.3, 0.4) is 0 Å². The fourth-order valence-corrected chi connectivity index (χ4v) is 3.03. The average molecular weight is 326 g/mol. The van der Waals surface area contributed by atoms with Crippen LogP contribution in [0.15, 0.2) is 29.6 Å². The van der Waals surface area contributed by atoms with E-state index in [2.05, 4.69) is 15.0 Å². The molecule has 114 valence electrons. The van der Waals surface area contributed by atoms with Crippen LogP contribution in [0.1, 0.15) is 15.6 Å². The molecule has 0 bridgehead atoms. The van der Waals surface area contributed by atoms with Gasteiger partial charge < -0.3 is 0 Å². The zero-order chi connectivity index (χ0) is 15.9. The molecule has 3 heterocycles. The SMILES string of the molecule is Cc1nc(C(F)(F)F)c(Cn2cnc3cnccc3c2=O)s1. The number of alkyl halides is 3. The van der Waals surface area contributed by atoms with Crippen molar-refractivity contribution in [1.29, 1.82) is 0 Å². The molecule has 0 amide bonds. The number of halogens is 3. The van der Waals surface area contributed by atoms with E-state index in [0.717, 1.165) is 15.9 Å². The average Bonchev–Trinajstić information content (AvgIpc) is 2.83. The molecular formula is C13H9F3N4OS. The molecule has 0 aromatic carbocycles. The Labute approximate surface area is 126 Å². The Morgan fingerprint density at radius 2 is 2.14 bits per heavy atom. The van der Waals surface area contributed by atoms with Crippen molar-refractivity contribution in [1.82, 2.24) is 19.5 Å². The minimum absolute atomic E-state index is 0.0118. The molecule has 0 spiro atoms. The molecular weight excluding hydrogens is 317 g/mol. The fourth-order valence-electron chi connectivity index (χ4n) is 2.07. The second-order valence-electron chi connectivity index (χ2n) is 4.57. The Bertz CT molecular complexity index is 900. The third kappa shape index (κ3) is 2.59. The van der Waals surface area contributed by atoms with Crippen molar-refractivity contribution in [2.24, 2.45) is 0 Å². The maximum absolute atomic E-state index is 13.0. The van der Waals surface area contributed by atoms with Crippen LogP contribution in [0, 0.1) is 6.92 Å². The molecule has 0 fully saturated rings. The van der Waals surface area contributed by atoms with Crippen LogP contribution < -0.4 is 5.56 Å². The highest BCUT2D eigenvalue weighted by molar-refractivity contribution is 7.11. The summed E-state index contributed by atoms with van der Waals surface area (Å²) in [6.45, 7) is 1.28. The van der Waals surface area contributed by atoms with Gasteiger partial charge in [0.25, 0.3) is 5.56 Å². The van der Waals surface area contributed by atoms with Gasteiger partial charge in [-0.15, -0.1) is 11.3 Å². The summed E-state index contributed by atoms with van der Waals surface area (Å²) >= 11 is 0.919. The topological polar surface area (TPSA) is 60.7 Å². The minimum Gasteiger partial charge on any atom is -0.293 e. The molecule has 0 aliphatic heterocycles. The number of hydrogen-bond donors (Lipinski definition) is 0. The first-order valence-corrected chi connectivity index (χ1v) is 7.00. The van der Waals surface area contributed by atoms with Gasteiger partial charge >= 0.3 is 6.18 Å². The number of aryl methyl sites for hydroxylation is 1. The summed E-state index contributed by atoms with van der Waals surface area (Å²) in [4.78, 5) is 23.7. The lowest BCUT2D eigenvalue weighted by atomic mass is 10.3. The highest BCUT2D eigenvalue weighted by Crippen LogP contribution is 2.34. The minimum atomic E-state index is -4.54. The van der Waals surface area contributed by atoms with Crippen molar-refractivity contribution < 1.29 is 13.2 Å². The Morgan fingerprint density at radius 1 is 1.36 bits per heavy atom. The van der Waals surface area contributed by atoms with Crippen molar-refractivity contribution in [2.75, 3.05) is 0 Å². The molecule has 0 atom stereocenters. The molecule has 0 radical (unpaired) electrons. The molecule has 0 aliphatic carbocycles. The summed E-state index contributed by atoms with van der Waals surface area (Å²) in [7, 11) is 0. The summed E-state index contributed by atoms with van der Waals surface area (Å²) in [5.41, 5.74) is -0.955. The van der Waals surface area contributed by atoms with Crippen LogP contribution in [0.5, 0.6) is 0 Å². The smallest absolute Gasteiger partial charge is 0.293 e. The maximum atomic E-state index is 13.0. The quantitative estimate of drug-likeness (QED) is 0.726. The largest absolute Gasteiger partial charge is 0.434 e. The fraction of sp³-hybridized carbons (Fsp3) is 0.231. The van der Waals surface area contributed by atoms with Crippen LogP contribution in [-0.2, 0) is 12.7 Å². The molecule has 9 heteroatoms. The van der Waals surface area contributed by atoms with Crippen molar-refractivity contribution in [2.45, 2.75) is 19.6 Å². The molecule has 0 aliphatic rings. The second-order valence-corrected chi connectivity index (χ2v) is 5.86. The zero-order valence-corrected chi connectivity index (χ0v) is 12.1. The number of aromatic nitrogens is 4. The first-order valence-electron chi connectivity index (χ1n) is 6.19. The van der Waals surface area contributed by atoms with Crippen LogP contribution in [-0.4, -0.2) is 19.5 Å². The van der Waals surface area contributed by atoms with Crippen molar-refractivity contribution >= 4 is 22.2 Å². The van der Waals surface area contributed by atoms with Gasteiger partial charge in [0.2, 0.25) is 0 Å². The molecule has 0 saturated carbocycles. The molecule has 3 rings (SSSR count). The Morgan fingerprint density at radius 3 is 2.86 bits per heavy atom. The monoisotopic (exact) mass is 326 g/mol. The van der Waals surface area contributed by atoms with Gasteiger partial charge in [-0.2, -0.15) is 13.2 Å². The van der Waals surface area contributed by atoms with Crippen LogP contribution in [0.25, 0.3) is 10.9 Å². The summed E-state index contributed by atoms with van der Waals surface area (Å²) in [6.07, 6.45) is -0.452. The second kappa shape index (κ2) is 5.16. The van der Waals surface area contributed by atoms with Crippen molar-refractivity contribution in [3.05, 3.63) is 50.7 Å². The van der Waals surface area contributed by atoms with E-state index in [-0.39, 0.29) is 11.4 Å². The molecule has 22 heavy (non-hydrogen) atoms. The summed E-state index contributed by atoms with van der Waals surface area (Å²) in [5.74, 6) is 0. The maximum Gasteiger partial charge on any atom is 0.434 e. The van der Waals surface area contributed by atoms with Gasteiger partial charge in [-0.1, -0.05) is 0 Å². The summed E-state index contributed by atoms with van der Waals surface area (Å²) in [6, 6.07) is 1.49. The predicted octanol–water partition coefficient (Wildman–Crippen LogP) is 2.62. The molecule has 3 aromatic heterocycles. The molecule has 0 unspecified atom stereocenters. The van der Waals surface area contributed by atoms with Crippen LogP contribution in [0.2, 0.25) is 0 Å². The lowest BCUT2D eigenvalue weighted by Crippen LogP contribution is -2.22. The van der Waals surface area contributed by atoms with E-state index in [1.165, 1.54) is 31.7 Å². The van der Waals surface area contributed by atoms with Gasteiger partial charge in [-0.25, -0.2) is 9.97 Å². The molecule has 0 N–H and O–H groups in total. The Balaban J connectivity index is 2.08. The van der Waals surface area contributed by atoms with E-state index in [4.69, 9.17) is 0 Å². The molecule has 0 saturated heterocycles. The van der Waals surface area contributed by atoms with Gasteiger partial charge in [0.05, 0.1) is 39.9 Å². The summed E-state index contributed by atoms with van der Waals surface area (Å²) in [5, 5.41) is 0.612. The van der Waals surface area contributed by atoms with E-state index in [1.807, 2.05) is 0 Å². The number of pyridine rings is 1. The predicted molar refractivity (Wildman–Crippen MR) is 74.8 cm³/mol. The number of fused-ring (bicyclic) bond motifs is 1. The first kappa shape index (κ1) is 14.6. The van der Waals surface area contributed by atoms with E-state index in [1.54, 1.807) is 0 Å². The van der Waals surface area contributed by atoms with E-state index in [0.29, 0.717) is 15.9 Å². The van der Waals surface area contributed by atoms with Gasteiger partial charge in [0, 0.05) is 6.20 Å². The van der Waals surface area contributed by atoms with Crippen molar-refractivity contribution in [3.63, 3.8) is 0 Å². The van der Waals surface area contributed by atoms with Gasteiger partial charge in [0.1, 0.15) is 0 Å². The Kier molecular flexibility index (Phi) is 3.44. The van der Waals surface area contributed by atoms with Crippen LogP contribution >= 0.6 is 11.3 Å². The number of rotatable bonds is 2. The highest BCUT2D eigenvalue weighted by atomic mass is 32.1.